The molecule has 0 saturated carbocycles. The second-order valence-electron chi connectivity index (χ2n) is 5.41. The molecule has 2 nitrogen and oxygen atoms in total. The molecule has 0 aromatic heterocycles. The monoisotopic (exact) mass is 283 g/mol. The number of nitrogens with one attached hydrogen (secondary N) is 1. The molecule has 0 bridgehead atoms. The zero-order valence-corrected chi connectivity index (χ0v) is 13.5. The Bertz CT molecular complexity index is 404. The molecular weight excluding hydrogens is 258 g/mol. The van der Waals surface area contributed by atoms with Crippen molar-refractivity contribution >= 4 is 11.6 Å². The van der Waals surface area contributed by atoms with Gasteiger partial charge in [-0.25, -0.2) is 0 Å². The fraction of sp³-hybridized carbons (Fsp3) is 0.625. The highest BCUT2D eigenvalue weighted by atomic mass is 35.5. The molecule has 1 atom stereocenters. The van der Waals surface area contributed by atoms with E-state index in [1.54, 1.807) is 0 Å². The van der Waals surface area contributed by atoms with Crippen molar-refractivity contribution in [2.45, 2.75) is 53.0 Å². The lowest BCUT2D eigenvalue weighted by Crippen LogP contribution is -2.29. The smallest absolute Gasteiger partial charge is 0.122 e. The van der Waals surface area contributed by atoms with Gasteiger partial charge in [-0.3, -0.25) is 0 Å². The maximum atomic E-state index is 6.25. The summed E-state index contributed by atoms with van der Waals surface area (Å²) in [7, 11) is 0. The molecule has 0 aliphatic rings. The highest BCUT2D eigenvalue weighted by Crippen LogP contribution is 2.31. The van der Waals surface area contributed by atoms with E-state index in [1.165, 1.54) is 0 Å². The fourth-order valence-corrected chi connectivity index (χ4v) is 2.31. The Hall–Kier alpha value is -0.730. The second kappa shape index (κ2) is 7.76. The molecule has 19 heavy (non-hydrogen) atoms. The number of aryl methyl sites for hydroxylation is 1. The van der Waals surface area contributed by atoms with Crippen LogP contribution >= 0.6 is 11.6 Å². The summed E-state index contributed by atoms with van der Waals surface area (Å²) in [6.07, 6.45) is 1.14. The SMILES string of the molecule is CCC(C)NCCOc1cc(C(C)C)c(Cl)cc1C. The molecule has 0 amide bonds. The van der Waals surface area contributed by atoms with Gasteiger partial charge in [-0.2, -0.15) is 0 Å². The zero-order chi connectivity index (χ0) is 14.4. The third-order valence-electron chi connectivity index (χ3n) is 3.38. The van der Waals surface area contributed by atoms with Crippen molar-refractivity contribution in [2.75, 3.05) is 13.2 Å². The first kappa shape index (κ1) is 16.3. The van der Waals surface area contributed by atoms with E-state index in [2.05, 4.69) is 39.1 Å². The van der Waals surface area contributed by atoms with Crippen molar-refractivity contribution < 1.29 is 4.74 Å². The predicted molar refractivity (Wildman–Crippen MR) is 83.5 cm³/mol. The summed E-state index contributed by atoms with van der Waals surface area (Å²) in [4.78, 5) is 0. The largest absolute Gasteiger partial charge is 0.492 e. The number of hydrogen-bond acceptors (Lipinski definition) is 2. The van der Waals surface area contributed by atoms with Crippen molar-refractivity contribution in [3.05, 3.63) is 28.3 Å². The zero-order valence-electron chi connectivity index (χ0n) is 12.7. The molecule has 0 radical (unpaired) electrons. The number of benzene rings is 1. The van der Waals surface area contributed by atoms with Crippen LogP contribution < -0.4 is 10.1 Å². The van der Waals surface area contributed by atoms with E-state index in [0.717, 1.165) is 34.9 Å². The van der Waals surface area contributed by atoms with Gasteiger partial charge in [-0.05, 0) is 49.4 Å². The van der Waals surface area contributed by atoms with Crippen LogP contribution in [-0.4, -0.2) is 19.2 Å². The molecule has 0 aliphatic heterocycles. The summed E-state index contributed by atoms with van der Waals surface area (Å²) in [6, 6.07) is 4.61. The lowest BCUT2D eigenvalue weighted by Gasteiger charge is -2.16. The molecule has 0 spiro atoms. The van der Waals surface area contributed by atoms with Gasteiger partial charge in [-0.15, -0.1) is 0 Å². The van der Waals surface area contributed by atoms with Gasteiger partial charge < -0.3 is 10.1 Å². The van der Waals surface area contributed by atoms with E-state index >= 15 is 0 Å². The molecule has 108 valence electrons. The van der Waals surface area contributed by atoms with E-state index in [4.69, 9.17) is 16.3 Å². The third-order valence-corrected chi connectivity index (χ3v) is 3.71. The van der Waals surface area contributed by atoms with Crippen LogP contribution in [0.2, 0.25) is 5.02 Å². The van der Waals surface area contributed by atoms with Gasteiger partial charge in [0, 0.05) is 17.6 Å². The van der Waals surface area contributed by atoms with Gasteiger partial charge >= 0.3 is 0 Å². The Morgan fingerprint density at radius 2 is 1.95 bits per heavy atom. The summed E-state index contributed by atoms with van der Waals surface area (Å²) in [5, 5.41) is 4.25. The second-order valence-corrected chi connectivity index (χ2v) is 5.81. The first-order chi connectivity index (χ1) is 8.95. The average molecular weight is 284 g/mol. The number of hydrogen-bond donors (Lipinski definition) is 1. The van der Waals surface area contributed by atoms with Gasteiger partial charge in [0.15, 0.2) is 0 Å². The van der Waals surface area contributed by atoms with E-state index in [9.17, 15) is 0 Å². The number of halogens is 1. The standard InChI is InChI=1S/C16H26ClNO/c1-6-13(5)18-7-8-19-16-10-14(11(2)3)15(17)9-12(16)4/h9-11,13,18H,6-8H2,1-5H3. The summed E-state index contributed by atoms with van der Waals surface area (Å²) >= 11 is 6.25. The molecule has 0 fully saturated rings. The van der Waals surface area contributed by atoms with Gasteiger partial charge in [0.05, 0.1) is 0 Å². The minimum absolute atomic E-state index is 0.411. The van der Waals surface area contributed by atoms with E-state index in [0.29, 0.717) is 18.6 Å². The van der Waals surface area contributed by atoms with E-state index in [1.807, 2.05) is 13.0 Å². The Morgan fingerprint density at radius 3 is 2.53 bits per heavy atom. The molecule has 1 N–H and O–H groups in total. The van der Waals surface area contributed by atoms with Crippen LogP contribution in [0.4, 0.5) is 0 Å². The molecular formula is C16H26ClNO. The fourth-order valence-electron chi connectivity index (χ4n) is 1.88. The van der Waals surface area contributed by atoms with Crippen LogP contribution in [0, 0.1) is 6.92 Å². The van der Waals surface area contributed by atoms with Crippen LogP contribution in [0.3, 0.4) is 0 Å². The van der Waals surface area contributed by atoms with Gasteiger partial charge in [-0.1, -0.05) is 32.4 Å². The summed E-state index contributed by atoms with van der Waals surface area (Å²) in [5.41, 5.74) is 2.25. The highest BCUT2D eigenvalue weighted by molar-refractivity contribution is 6.31. The normalized spacial score (nSPS) is 12.8. The van der Waals surface area contributed by atoms with Crippen LogP contribution in [0.25, 0.3) is 0 Å². The minimum atomic E-state index is 0.411. The first-order valence-corrected chi connectivity index (χ1v) is 7.49. The van der Waals surface area contributed by atoms with Crippen molar-refractivity contribution in [1.82, 2.24) is 5.32 Å². The van der Waals surface area contributed by atoms with Crippen LogP contribution in [0.5, 0.6) is 5.75 Å². The molecule has 1 rings (SSSR count). The molecule has 0 heterocycles. The highest BCUT2D eigenvalue weighted by Gasteiger charge is 2.10. The summed E-state index contributed by atoms with van der Waals surface area (Å²) in [5.74, 6) is 1.35. The van der Waals surface area contributed by atoms with Gasteiger partial charge in [0.25, 0.3) is 0 Å². The molecule has 1 aromatic carbocycles. The van der Waals surface area contributed by atoms with Crippen LogP contribution in [0.1, 0.15) is 51.2 Å². The van der Waals surface area contributed by atoms with E-state index in [-0.39, 0.29) is 0 Å². The topological polar surface area (TPSA) is 21.3 Å². The Morgan fingerprint density at radius 1 is 1.26 bits per heavy atom. The van der Waals surface area contributed by atoms with Crippen molar-refractivity contribution in [2.24, 2.45) is 0 Å². The molecule has 3 heteroatoms. The summed E-state index contributed by atoms with van der Waals surface area (Å²) in [6.45, 7) is 12.2. The van der Waals surface area contributed by atoms with Crippen molar-refractivity contribution in [1.29, 1.82) is 0 Å². The molecule has 1 aromatic rings. The molecule has 0 aliphatic carbocycles. The predicted octanol–water partition coefficient (Wildman–Crippen LogP) is 4.54. The van der Waals surface area contributed by atoms with Gasteiger partial charge in [0.2, 0.25) is 0 Å². The number of rotatable bonds is 7. The minimum Gasteiger partial charge on any atom is -0.492 e. The molecule has 0 saturated heterocycles. The lowest BCUT2D eigenvalue weighted by molar-refractivity contribution is 0.304. The average Bonchev–Trinajstić information content (AvgIpc) is 2.35. The maximum Gasteiger partial charge on any atom is 0.122 e. The Kier molecular flexibility index (Phi) is 6.67. The van der Waals surface area contributed by atoms with E-state index < -0.39 is 0 Å². The quantitative estimate of drug-likeness (QED) is 0.742. The number of ether oxygens (including phenoxy) is 1. The third kappa shape index (κ3) is 5.04. The summed E-state index contributed by atoms with van der Waals surface area (Å²) < 4.78 is 5.86. The first-order valence-electron chi connectivity index (χ1n) is 7.11. The maximum absolute atomic E-state index is 6.25. The van der Waals surface area contributed by atoms with Crippen LogP contribution in [-0.2, 0) is 0 Å². The lowest BCUT2D eigenvalue weighted by atomic mass is 10.0. The van der Waals surface area contributed by atoms with Crippen LogP contribution in [0.15, 0.2) is 12.1 Å². The van der Waals surface area contributed by atoms with Crippen molar-refractivity contribution in [3.8, 4) is 5.75 Å². The Labute approximate surface area is 122 Å². The van der Waals surface area contributed by atoms with Crippen molar-refractivity contribution in [3.63, 3.8) is 0 Å². The molecule has 1 unspecified atom stereocenters. The van der Waals surface area contributed by atoms with Gasteiger partial charge in [0.1, 0.15) is 12.4 Å². The Balaban J connectivity index is 2.60.